The van der Waals surface area contributed by atoms with Crippen molar-refractivity contribution in [2.24, 2.45) is 11.8 Å². The predicted molar refractivity (Wildman–Crippen MR) is 108 cm³/mol. The molecule has 2 saturated heterocycles. The van der Waals surface area contributed by atoms with Gasteiger partial charge in [-0.05, 0) is 58.4 Å². The van der Waals surface area contributed by atoms with Crippen molar-refractivity contribution >= 4 is 11.9 Å². The standard InChI is InChI=1S/C23H34O6/c1-14-7-9-19-23(5,29-19)12-11-17(20(14)21(25)26-6)16(13-27-15(2)24)8-10-18-22(3,4)28-18/h8,17-20H,1,7,9-13H2,2-6H3/b16-8-/t17-,18?,19+,20+,23+/m1/s1. The third kappa shape index (κ3) is 5.10. The van der Waals surface area contributed by atoms with Crippen LogP contribution in [-0.2, 0) is 28.5 Å². The number of carbonyl (C=O) groups is 2. The van der Waals surface area contributed by atoms with Gasteiger partial charge in [-0.2, -0.15) is 0 Å². The fraction of sp³-hybridized carbons (Fsp3) is 0.739. The van der Waals surface area contributed by atoms with Crippen molar-refractivity contribution in [1.29, 1.82) is 0 Å². The van der Waals surface area contributed by atoms with Crippen LogP contribution in [0.1, 0.15) is 59.8 Å². The van der Waals surface area contributed by atoms with Crippen LogP contribution < -0.4 is 0 Å². The summed E-state index contributed by atoms with van der Waals surface area (Å²) in [7, 11) is 1.41. The Balaban J connectivity index is 1.89. The minimum absolute atomic E-state index is 0.130. The number of carbonyl (C=O) groups excluding carboxylic acids is 2. The lowest BCUT2D eigenvalue weighted by Gasteiger charge is -2.29. The van der Waals surface area contributed by atoms with E-state index in [-0.39, 0.29) is 47.9 Å². The third-order valence-corrected chi connectivity index (χ3v) is 6.69. The zero-order valence-corrected chi connectivity index (χ0v) is 18.3. The summed E-state index contributed by atoms with van der Waals surface area (Å²) in [4.78, 5) is 24.3. The average molecular weight is 407 g/mol. The lowest BCUT2D eigenvalue weighted by molar-refractivity contribution is -0.145. The molecule has 1 aliphatic carbocycles. The molecule has 0 aromatic carbocycles. The van der Waals surface area contributed by atoms with E-state index in [1.807, 2.05) is 0 Å². The molecule has 3 aliphatic rings. The second kappa shape index (κ2) is 8.23. The lowest BCUT2D eigenvalue weighted by atomic mass is 9.77. The second-order valence-corrected chi connectivity index (χ2v) is 9.27. The highest BCUT2D eigenvalue weighted by atomic mass is 16.6. The van der Waals surface area contributed by atoms with Crippen LogP contribution in [0.4, 0.5) is 0 Å². The quantitative estimate of drug-likeness (QED) is 0.380. The minimum Gasteiger partial charge on any atom is -0.469 e. The molecule has 3 fully saturated rings. The molecule has 2 aliphatic heterocycles. The van der Waals surface area contributed by atoms with E-state index in [1.165, 1.54) is 14.0 Å². The van der Waals surface area contributed by atoms with Gasteiger partial charge in [0.25, 0.3) is 0 Å². The van der Waals surface area contributed by atoms with Gasteiger partial charge in [0.15, 0.2) is 0 Å². The van der Waals surface area contributed by atoms with Crippen molar-refractivity contribution in [3.05, 3.63) is 23.8 Å². The highest BCUT2D eigenvalue weighted by molar-refractivity contribution is 5.76. The average Bonchev–Trinajstić information content (AvgIpc) is 3.49. The van der Waals surface area contributed by atoms with Crippen LogP contribution in [0.5, 0.6) is 0 Å². The van der Waals surface area contributed by atoms with Crippen LogP contribution in [0.3, 0.4) is 0 Å². The number of esters is 2. The Labute approximate surface area is 173 Å². The van der Waals surface area contributed by atoms with Crippen LogP contribution in [0.15, 0.2) is 23.8 Å². The molecule has 0 aromatic heterocycles. The maximum Gasteiger partial charge on any atom is 0.313 e. The highest BCUT2D eigenvalue weighted by Gasteiger charge is 2.53. The van der Waals surface area contributed by atoms with Gasteiger partial charge in [0, 0.05) is 12.8 Å². The Morgan fingerprint density at radius 3 is 2.52 bits per heavy atom. The first-order valence-corrected chi connectivity index (χ1v) is 10.5. The highest BCUT2D eigenvalue weighted by Crippen LogP contribution is 2.48. The molecule has 5 atom stereocenters. The summed E-state index contributed by atoms with van der Waals surface area (Å²) >= 11 is 0. The molecule has 2 heterocycles. The van der Waals surface area contributed by atoms with Crippen molar-refractivity contribution < 1.29 is 28.5 Å². The Kier molecular flexibility index (Phi) is 6.25. The third-order valence-electron chi connectivity index (χ3n) is 6.69. The molecule has 6 heteroatoms. The number of fused-ring (bicyclic) bond motifs is 1. The number of epoxide rings is 2. The molecule has 0 radical (unpaired) electrons. The lowest BCUT2D eigenvalue weighted by Crippen LogP contribution is -2.30. The van der Waals surface area contributed by atoms with E-state index in [1.54, 1.807) is 0 Å². The first kappa shape index (κ1) is 22.0. The van der Waals surface area contributed by atoms with Gasteiger partial charge in [-0.1, -0.05) is 18.2 Å². The Morgan fingerprint density at radius 2 is 1.93 bits per heavy atom. The maximum atomic E-state index is 12.8. The number of methoxy groups -OCH3 is 1. The molecule has 162 valence electrons. The van der Waals surface area contributed by atoms with Gasteiger partial charge in [0.05, 0.1) is 36.4 Å². The van der Waals surface area contributed by atoms with Crippen molar-refractivity contribution in [2.45, 2.75) is 83.2 Å². The largest absolute Gasteiger partial charge is 0.469 e. The van der Waals surface area contributed by atoms with Crippen molar-refractivity contribution in [3.63, 3.8) is 0 Å². The molecule has 6 nitrogen and oxygen atoms in total. The van der Waals surface area contributed by atoms with Gasteiger partial charge in [0.2, 0.25) is 0 Å². The monoisotopic (exact) mass is 406 g/mol. The minimum atomic E-state index is -0.448. The molecule has 29 heavy (non-hydrogen) atoms. The first-order chi connectivity index (χ1) is 13.6. The molecule has 0 aromatic rings. The van der Waals surface area contributed by atoms with Gasteiger partial charge in [-0.3, -0.25) is 9.59 Å². The van der Waals surface area contributed by atoms with E-state index < -0.39 is 5.92 Å². The molecule has 0 spiro atoms. The topological polar surface area (TPSA) is 77.7 Å². The van der Waals surface area contributed by atoms with Crippen LogP contribution in [0.2, 0.25) is 0 Å². The van der Waals surface area contributed by atoms with E-state index in [4.69, 9.17) is 18.9 Å². The number of ether oxygens (including phenoxy) is 4. The SMILES string of the molecule is C=C1CC[C@@H]2O[C@@]2(C)CC[C@H](/C(=C\CC2OC2(C)C)COC(C)=O)[C@H]1C(=O)OC. The summed E-state index contributed by atoms with van der Waals surface area (Å²) in [6.45, 7) is 12.0. The van der Waals surface area contributed by atoms with Crippen molar-refractivity contribution in [2.75, 3.05) is 13.7 Å². The molecule has 0 bridgehead atoms. The van der Waals surface area contributed by atoms with Crippen LogP contribution >= 0.6 is 0 Å². The molecule has 0 amide bonds. The number of hydrogen-bond donors (Lipinski definition) is 0. The molecule has 1 saturated carbocycles. The maximum absolute atomic E-state index is 12.8. The molecule has 0 N–H and O–H groups in total. The summed E-state index contributed by atoms with van der Waals surface area (Å²) in [5, 5.41) is 0. The Hall–Kier alpha value is -1.66. The summed E-state index contributed by atoms with van der Waals surface area (Å²) in [6.07, 6.45) is 6.33. The summed E-state index contributed by atoms with van der Waals surface area (Å²) in [5.74, 6) is -1.21. The first-order valence-electron chi connectivity index (χ1n) is 10.5. The fourth-order valence-electron chi connectivity index (χ4n) is 4.52. The van der Waals surface area contributed by atoms with Crippen LogP contribution in [0.25, 0.3) is 0 Å². The molecule has 1 unspecified atom stereocenters. The normalized spacial score (nSPS) is 36.2. The van der Waals surface area contributed by atoms with E-state index >= 15 is 0 Å². The van der Waals surface area contributed by atoms with Crippen molar-refractivity contribution in [1.82, 2.24) is 0 Å². The zero-order chi connectivity index (χ0) is 21.4. The molecular weight excluding hydrogens is 372 g/mol. The van der Waals surface area contributed by atoms with Gasteiger partial charge in [-0.25, -0.2) is 0 Å². The summed E-state index contributed by atoms with van der Waals surface area (Å²) in [6, 6.07) is 0. The van der Waals surface area contributed by atoms with Gasteiger partial charge >= 0.3 is 11.9 Å². The van der Waals surface area contributed by atoms with Crippen LogP contribution in [-0.4, -0.2) is 49.1 Å². The number of rotatable bonds is 6. The van der Waals surface area contributed by atoms with E-state index in [9.17, 15) is 9.59 Å². The number of hydrogen-bond acceptors (Lipinski definition) is 6. The van der Waals surface area contributed by atoms with E-state index in [0.29, 0.717) is 0 Å². The van der Waals surface area contributed by atoms with E-state index in [0.717, 1.165) is 43.3 Å². The fourth-order valence-corrected chi connectivity index (χ4v) is 4.52. The smallest absolute Gasteiger partial charge is 0.313 e. The van der Waals surface area contributed by atoms with E-state index in [2.05, 4.69) is 33.4 Å². The molecular formula is C23H34O6. The van der Waals surface area contributed by atoms with Crippen LogP contribution in [0, 0.1) is 11.8 Å². The Bertz CT molecular complexity index is 708. The second-order valence-electron chi connectivity index (χ2n) is 9.27. The summed E-state index contributed by atoms with van der Waals surface area (Å²) in [5.41, 5.74) is 1.52. The summed E-state index contributed by atoms with van der Waals surface area (Å²) < 4.78 is 22.1. The van der Waals surface area contributed by atoms with Gasteiger partial charge < -0.3 is 18.9 Å². The van der Waals surface area contributed by atoms with Gasteiger partial charge in [0.1, 0.15) is 6.61 Å². The molecule has 3 rings (SSSR count). The van der Waals surface area contributed by atoms with Crippen molar-refractivity contribution in [3.8, 4) is 0 Å². The van der Waals surface area contributed by atoms with Gasteiger partial charge in [-0.15, -0.1) is 0 Å². The zero-order valence-electron chi connectivity index (χ0n) is 18.3. The predicted octanol–water partition coefficient (Wildman–Crippen LogP) is 3.74. The Morgan fingerprint density at radius 1 is 1.24 bits per heavy atom.